The quantitative estimate of drug-likeness (QED) is 0.760. The summed E-state index contributed by atoms with van der Waals surface area (Å²) < 4.78 is 0. The first-order valence-corrected chi connectivity index (χ1v) is 5.79. The summed E-state index contributed by atoms with van der Waals surface area (Å²) in [6.07, 6.45) is 1.08. The number of amides is 2. The summed E-state index contributed by atoms with van der Waals surface area (Å²) in [4.78, 5) is 16.0. The Bertz CT molecular complexity index is 218. The van der Waals surface area contributed by atoms with Crippen molar-refractivity contribution in [2.45, 2.75) is 39.3 Å². The number of carbonyl (C=O) groups excluding carboxylic acids is 1. The van der Waals surface area contributed by atoms with Crippen LogP contribution in [0.4, 0.5) is 4.79 Å². The maximum atomic E-state index is 12.1. The van der Waals surface area contributed by atoms with E-state index >= 15 is 0 Å². The number of urea groups is 1. The van der Waals surface area contributed by atoms with Crippen molar-refractivity contribution in [1.29, 1.82) is 0 Å². The zero-order valence-electron chi connectivity index (χ0n) is 10.3. The molecular weight excluding hydrogens is 190 g/mol. The van der Waals surface area contributed by atoms with Crippen LogP contribution in [-0.2, 0) is 0 Å². The molecule has 1 aliphatic rings. The number of carbonyl (C=O) groups is 1. The molecule has 1 saturated heterocycles. The minimum Gasteiger partial charge on any atom is -0.322 e. The van der Waals surface area contributed by atoms with Crippen LogP contribution < -0.4 is 5.32 Å². The molecule has 0 aromatic heterocycles. The first-order valence-electron chi connectivity index (χ1n) is 5.79. The Balaban J connectivity index is 2.62. The Hall–Kier alpha value is -0.770. The highest BCUT2D eigenvalue weighted by Gasteiger charge is 2.29. The van der Waals surface area contributed by atoms with Crippen LogP contribution in [-0.4, -0.2) is 54.6 Å². The third kappa shape index (κ3) is 2.84. The minimum atomic E-state index is 0.194. The van der Waals surface area contributed by atoms with E-state index in [0.717, 1.165) is 26.1 Å². The van der Waals surface area contributed by atoms with Crippen LogP contribution in [0.1, 0.15) is 27.2 Å². The minimum absolute atomic E-state index is 0.194. The standard InChI is InChI=1S/C11H23N3O/c1-9(2)13-6-5-7-14(11(13)15)10(3)8-12-4/h9-10,12H,5-8H2,1-4H3. The van der Waals surface area contributed by atoms with Gasteiger partial charge in [0, 0.05) is 31.7 Å². The van der Waals surface area contributed by atoms with Crippen LogP contribution in [0.15, 0.2) is 0 Å². The lowest BCUT2D eigenvalue weighted by atomic mass is 10.2. The highest BCUT2D eigenvalue weighted by atomic mass is 16.2. The second-order valence-electron chi connectivity index (χ2n) is 4.52. The average Bonchev–Trinajstić information content (AvgIpc) is 2.17. The molecule has 0 bridgehead atoms. The summed E-state index contributed by atoms with van der Waals surface area (Å²) in [5.74, 6) is 0. The summed E-state index contributed by atoms with van der Waals surface area (Å²) in [6.45, 7) is 8.90. The van der Waals surface area contributed by atoms with Crippen molar-refractivity contribution >= 4 is 6.03 Å². The second kappa shape index (κ2) is 5.35. The normalized spacial score (nSPS) is 19.9. The molecule has 1 rings (SSSR count). The predicted octanol–water partition coefficient (Wildman–Crippen LogP) is 1.13. The zero-order valence-corrected chi connectivity index (χ0v) is 10.3. The Morgan fingerprint density at radius 1 is 1.27 bits per heavy atom. The largest absolute Gasteiger partial charge is 0.322 e. The Kier molecular flexibility index (Phi) is 4.39. The molecule has 15 heavy (non-hydrogen) atoms. The van der Waals surface area contributed by atoms with Crippen molar-refractivity contribution in [3.05, 3.63) is 0 Å². The van der Waals surface area contributed by atoms with E-state index in [1.165, 1.54) is 0 Å². The molecule has 0 radical (unpaired) electrons. The van der Waals surface area contributed by atoms with Crippen molar-refractivity contribution in [1.82, 2.24) is 15.1 Å². The van der Waals surface area contributed by atoms with E-state index < -0.39 is 0 Å². The van der Waals surface area contributed by atoms with Gasteiger partial charge in [-0.15, -0.1) is 0 Å². The zero-order chi connectivity index (χ0) is 11.4. The molecule has 1 fully saturated rings. The molecule has 4 nitrogen and oxygen atoms in total. The third-order valence-corrected chi connectivity index (χ3v) is 2.94. The summed E-state index contributed by atoms with van der Waals surface area (Å²) >= 11 is 0. The molecule has 88 valence electrons. The van der Waals surface area contributed by atoms with Gasteiger partial charge in [0.2, 0.25) is 0 Å². The van der Waals surface area contributed by atoms with E-state index in [2.05, 4.69) is 26.1 Å². The fourth-order valence-corrected chi connectivity index (χ4v) is 2.06. The number of nitrogens with one attached hydrogen (secondary N) is 1. The van der Waals surface area contributed by atoms with Gasteiger partial charge in [-0.05, 0) is 34.2 Å². The molecule has 1 atom stereocenters. The molecular formula is C11H23N3O. The van der Waals surface area contributed by atoms with Crippen molar-refractivity contribution in [3.8, 4) is 0 Å². The third-order valence-electron chi connectivity index (χ3n) is 2.94. The molecule has 1 N–H and O–H groups in total. The molecule has 1 heterocycles. The molecule has 2 amide bonds. The molecule has 0 aromatic carbocycles. The van der Waals surface area contributed by atoms with Crippen LogP contribution in [0.5, 0.6) is 0 Å². The summed E-state index contributed by atoms with van der Waals surface area (Å²) in [6, 6.07) is 0.783. The average molecular weight is 213 g/mol. The molecule has 0 aliphatic carbocycles. The lowest BCUT2D eigenvalue weighted by Crippen LogP contribution is -2.56. The van der Waals surface area contributed by atoms with Crippen molar-refractivity contribution in [2.75, 3.05) is 26.7 Å². The van der Waals surface area contributed by atoms with Crippen LogP contribution in [0.25, 0.3) is 0 Å². The van der Waals surface area contributed by atoms with E-state index in [0.29, 0.717) is 6.04 Å². The van der Waals surface area contributed by atoms with E-state index in [9.17, 15) is 4.79 Å². The molecule has 0 saturated carbocycles. The lowest BCUT2D eigenvalue weighted by Gasteiger charge is -2.40. The number of nitrogens with zero attached hydrogens (tertiary/aromatic N) is 2. The van der Waals surface area contributed by atoms with Crippen LogP contribution in [0, 0.1) is 0 Å². The topological polar surface area (TPSA) is 35.6 Å². The maximum absolute atomic E-state index is 12.1. The van der Waals surface area contributed by atoms with Gasteiger partial charge in [0.1, 0.15) is 0 Å². The summed E-state index contributed by atoms with van der Waals surface area (Å²) in [5, 5.41) is 3.12. The highest BCUT2D eigenvalue weighted by molar-refractivity contribution is 5.75. The number of likely N-dealkylation sites (N-methyl/N-ethyl adjacent to an activating group) is 1. The molecule has 1 unspecified atom stereocenters. The Labute approximate surface area is 92.6 Å². The van der Waals surface area contributed by atoms with Gasteiger partial charge in [0.25, 0.3) is 0 Å². The lowest BCUT2D eigenvalue weighted by molar-refractivity contribution is 0.0992. The fourth-order valence-electron chi connectivity index (χ4n) is 2.06. The molecule has 0 spiro atoms. The fraction of sp³-hybridized carbons (Fsp3) is 0.909. The monoisotopic (exact) mass is 213 g/mol. The predicted molar refractivity (Wildman–Crippen MR) is 61.9 cm³/mol. The van der Waals surface area contributed by atoms with Gasteiger partial charge < -0.3 is 15.1 Å². The van der Waals surface area contributed by atoms with Crippen molar-refractivity contribution < 1.29 is 4.79 Å². The maximum Gasteiger partial charge on any atom is 0.320 e. The number of hydrogen-bond donors (Lipinski definition) is 1. The van der Waals surface area contributed by atoms with E-state index in [1.54, 1.807) is 0 Å². The van der Waals surface area contributed by atoms with Gasteiger partial charge in [0.05, 0.1) is 0 Å². The van der Waals surface area contributed by atoms with Crippen LogP contribution in [0.2, 0.25) is 0 Å². The van der Waals surface area contributed by atoms with Gasteiger partial charge in [-0.3, -0.25) is 0 Å². The second-order valence-corrected chi connectivity index (χ2v) is 4.52. The SMILES string of the molecule is CNCC(C)N1CCCN(C(C)C)C1=O. The van der Waals surface area contributed by atoms with Crippen molar-refractivity contribution in [3.63, 3.8) is 0 Å². The summed E-state index contributed by atoms with van der Waals surface area (Å²) in [5.41, 5.74) is 0. The number of hydrogen-bond acceptors (Lipinski definition) is 2. The first kappa shape index (κ1) is 12.3. The molecule has 4 heteroatoms. The highest BCUT2D eigenvalue weighted by Crippen LogP contribution is 2.14. The van der Waals surface area contributed by atoms with Gasteiger partial charge >= 0.3 is 6.03 Å². The molecule has 0 aromatic rings. The Morgan fingerprint density at radius 2 is 1.87 bits per heavy atom. The summed E-state index contributed by atoms with van der Waals surface area (Å²) in [7, 11) is 1.92. The molecule has 1 aliphatic heterocycles. The van der Waals surface area contributed by atoms with E-state index in [1.807, 2.05) is 16.8 Å². The van der Waals surface area contributed by atoms with Crippen molar-refractivity contribution in [2.24, 2.45) is 0 Å². The van der Waals surface area contributed by atoms with Gasteiger partial charge in [-0.25, -0.2) is 4.79 Å². The van der Waals surface area contributed by atoms with Gasteiger partial charge in [-0.2, -0.15) is 0 Å². The van der Waals surface area contributed by atoms with Crippen LogP contribution in [0.3, 0.4) is 0 Å². The first-order chi connectivity index (χ1) is 7.07. The van der Waals surface area contributed by atoms with E-state index in [4.69, 9.17) is 0 Å². The van der Waals surface area contributed by atoms with Gasteiger partial charge in [0.15, 0.2) is 0 Å². The Morgan fingerprint density at radius 3 is 2.40 bits per heavy atom. The smallest absolute Gasteiger partial charge is 0.320 e. The van der Waals surface area contributed by atoms with Gasteiger partial charge in [-0.1, -0.05) is 0 Å². The van der Waals surface area contributed by atoms with Crippen LogP contribution >= 0.6 is 0 Å². The number of rotatable bonds is 4. The van der Waals surface area contributed by atoms with E-state index in [-0.39, 0.29) is 12.1 Å².